The first-order valence-corrected chi connectivity index (χ1v) is 7.85. The van der Waals surface area contributed by atoms with E-state index in [0.29, 0.717) is 17.6 Å². The Kier molecular flexibility index (Phi) is 3.15. The van der Waals surface area contributed by atoms with E-state index in [1.807, 2.05) is 19.1 Å². The Morgan fingerprint density at radius 2 is 2.09 bits per heavy atom. The zero-order valence-electron chi connectivity index (χ0n) is 13.2. The topological polar surface area (TPSA) is 59.8 Å². The van der Waals surface area contributed by atoms with Crippen LogP contribution in [-0.2, 0) is 0 Å². The van der Waals surface area contributed by atoms with Crippen LogP contribution in [0.15, 0.2) is 41.3 Å². The summed E-state index contributed by atoms with van der Waals surface area (Å²) in [6, 6.07) is 10.1. The van der Waals surface area contributed by atoms with Gasteiger partial charge in [0.1, 0.15) is 11.6 Å². The number of rotatable bonds is 3. The van der Waals surface area contributed by atoms with E-state index >= 15 is 0 Å². The van der Waals surface area contributed by atoms with Crippen molar-refractivity contribution in [3.63, 3.8) is 0 Å². The van der Waals surface area contributed by atoms with Crippen LogP contribution in [0.4, 0.5) is 5.82 Å². The summed E-state index contributed by atoms with van der Waals surface area (Å²) >= 11 is 0. The van der Waals surface area contributed by atoms with Gasteiger partial charge in [-0.2, -0.15) is 4.98 Å². The minimum absolute atomic E-state index is 0.309. The van der Waals surface area contributed by atoms with Gasteiger partial charge in [0.2, 0.25) is 0 Å². The molecule has 116 valence electrons. The monoisotopic (exact) mass is 306 g/mol. The minimum Gasteiger partial charge on any atom is -0.372 e. The second-order valence-electron chi connectivity index (χ2n) is 6.02. The van der Waals surface area contributed by atoms with Crippen LogP contribution in [-0.4, -0.2) is 21.6 Å². The number of hydrogen-bond acceptors (Lipinski definition) is 4. The Hall–Kier alpha value is -2.69. The van der Waals surface area contributed by atoms with Gasteiger partial charge in [0.15, 0.2) is 0 Å². The van der Waals surface area contributed by atoms with Crippen molar-refractivity contribution < 1.29 is 0 Å². The Bertz CT molecular complexity index is 957. The number of anilines is 1. The lowest BCUT2D eigenvalue weighted by molar-refractivity contribution is 0.911. The van der Waals surface area contributed by atoms with Crippen molar-refractivity contribution in [2.24, 2.45) is 0 Å². The molecule has 3 aromatic rings. The molecule has 1 aromatic carbocycles. The van der Waals surface area contributed by atoms with Gasteiger partial charge in [0, 0.05) is 18.6 Å². The van der Waals surface area contributed by atoms with E-state index < -0.39 is 0 Å². The summed E-state index contributed by atoms with van der Waals surface area (Å²) in [5.74, 6) is 1.88. The smallest absolute Gasteiger partial charge is 0.355 e. The van der Waals surface area contributed by atoms with Crippen molar-refractivity contribution >= 4 is 16.7 Å². The van der Waals surface area contributed by atoms with Crippen molar-refractivity contribution in [2.45, 2.75) is 25.7 Å². The number of fused-ring (bicyclic) bond motifs is 1. The summed E-state index contributed by atoms with van der Waals surface area (Å²) in [6.07, 6.45) is 4.15. The molecule has 0 unspecified atom stereocenters. The highest BCUT2D eigenvalue weighted by Gasteiger charge is 2.24. The van der Waals surface area contributed by atoms with Gasteiger partial charge in [0.25, 0.3) is 0 Å². The Labute approximate surface area is 134 Å². The van der Waals surface area contributed by atoms with Gasteiger partial charge in [-0.15, -0.1) is 0 Å². The lowest BCUT2D eigenvalue weighted by Crippen LogP contribution is -2.24. The van der Waals surface area contributed by atoms with E-state index in [4.69, 9.17) is 0 Å². The van der Waals surface area contributed by atoms with Gasteiger partial charge >= 0.3 is 5.69 Å². The molecule has 5 heteroatoms. The number of pyridine rings is 1. The molecule has 0 saturated heterocycles. The predicted octanol–water partition coefficient (Wildman–Crippen LogP) is 3.01. The highest BCUT2D eigenvalue weighted by Crippen LogP contribution is 2.41. The van der Waals surface area contributed by atoms with Crippen LogP contribution in [0.25, 0.3) is 16.7 Å². The maximum atomic E-state index is 12.6. The first-order chi connectivity index (χ1) is 11.2. The molecule has 0 atom stereocenters. The first kappa shape index (κ1) is 13.9. The third-order valence-corrected chi connectivity index (χ3v) is 4.40. The lowest BCUT2D eigenvalue weighted by atomic mass is 10.1. The molecule has 1 fully saturated rings. The standard InChI is InChI=1S/C18H18N4O/c1-11-4-3-9-20-17(11)22-15-10-13(12-5-6-12)7-8-14(15)16(19-2)21-18(22)23/h3-4,7-10,12H,5-6H2,1-2H3,(H,19,21,23). The molecule has 1 N–H and O–H groups in total. The highest BCUT2D eigenvalue weighted by atomic mass is 16.1. The normalized spacial score (nSPS) is 14.2. The quantitative estimate of drug-likeness (QED) is 0.808. The number of aromatic nitrogens is 3. The highest BCUT2D eigenvalue weighted by molar-refractivity contribution is 5.90. The van der Waals surface area contributed by atoms with Crippen molar-refractivity contribution in [3.05, 3.63) is 58.1 Å². The lowest BCUT2D eigenvalue weighted by Gasteiger charge is -2.14. The molecule has 2 heterocycles. The molecule has 0 amide bonds. The summed E-state index contributed by atoms with van der Waals surface area (Å²) in [7, 11) is 1.78. The summed E-state index contributed by atoms with van der Waals surface area (Å²) in [5.41, 5.74) is 2.79. The Morgan fingerprint density at radius 3 is 2.78 bits per heavy atom. The van der Waals surface area contributed by atoms with Crippen LogP contribution < -0.4 is 11.0 Å². The van der Waals surface area contributed by atoms with Crippen molar-refractivity contribution in [3.8, 4) is 5.82 Å². The largest absolute Gasteiger partial charge is 0.372 e. The van der Waals surface area contributed by atoms with Gasteiger partial charge in [-0.1, -0.05) is 12.1 Å². The Balaban J connectivity index is 2.09. The number of aryl methyl sites for hydroxylation is 1. The summed E-state index contributed by atoms with van der Waals surface area (Å²) in [5, 5.41) is 3.96. The maximum Gasteiger partial charge on any atom is 0.355 e. The Morgan fingerprint density at radius 1 is 1.26 bits per heavy atom. The number of hydrogen-bond donors (Lipinski definition) is 1. The van der Waals surface area contributed by atoms with E-state index in [2.05, 4.69) is 33.5 Å². The van der Waals surface area contributed by atoms with Gasteiger partial charge in [0.05, 0.1) is 5.52 Å². The number of nitrogens with one attached hydrogen (secondary N) is 1. The molecular weight excluding hydrogens is 288 g/mol. The van der Waals surface area contributed by atoms with Crippen LogP contribution in [0.5, 0.6) is 0 Å². The zero-order valence-corrected chi connectivity index (χ0v) is 13.2. The molecule has 1 aliphatic rings. The van der Waals surface area contributed by atoms with E-state index in [9.17, 15) is 4.79 Å². The second kappa shape index (κ2) is 5.19. The molecule has 5 nitrogen and oxygen atoms in total. The minimum atomic E-state index is -0.309. The average molecular weight is 306 g/mol. The van der Waals surface area contributed by atoms with E-state index in [1.165, 1.54) is 18.4 Å². The van der Waals surface area contributed by atoms with E-state index in [0.717, 1.165) is 16.5 Å². The summed E-state index contributed by atoms with van der Waals surface area (Å²) < 4.78 is 1.62. The van der Waals surface area contributed by atoms with E-state index in [1.54, 1.807) is 17.8 Å². The molecule has 1 saturated carbocycles. The van der Waals surface area contributed by atoms with Gasteiger partial charge in [-0.05, 0) is 55.0 Å². The fraction of sp³-hybridized carbons (Fsp3) is 0.278. The SMILES string of the molecule is CNc1nc(=O)n(-c2ncccc2C)c2cc(C3CC3)ccc12. The molecule has 4 rings (SSSR count). The average Bonchev–Trinajstić information content (AvgIpc) is 3.40. The molecular formula is C18H18N4O. The predicted molar refractivity (Wildman–Crippen MR) is 91.4 cm³/mol. The molecule has 0 bridgehead atoms. The van der Waals surface area contributed by atoms with E-state index in [-0.39, 0.29) is 5.69 Å². The fourth-order valence-corrected chi connectivity index (χ4v) is 3.02. The van der Waals surface area contributed by atoms with Crippen LogP contribution in [0.3, 0.4) is 0 Å². The van der Waals surface area contributed by atoms with Crippen LogP contribution in [0.1, 0.15) is 29.9 Å². The number of nitrogens with zero attached hydrogens (tertiary/aromatic N) is 3. The van der Waals surface area contributed by atoms with Gasteiger partial charge in [-0.25, -0.2) is 14.3 Å². The molecule has 23 heavy (non-hydrogen) atoms. The van der Waals surface area contributed by atoms with Crippen molar-refractivity contribution in [1.29, 1.82) is 0 Å². The zero-order chi connectivity index (χ0) is 16.0. The van der Waals surface area contributed by atoms with Crippen molar-refractivity contribution in [2.75, 3.05) is 12.4 Å². The van der Waals surface area contributed by atoms with Crippen LogP contribution in [0.2, 0.25) is 0 Å². The van der Waals surface area contributed by atoms with Crippen LogP contribution >= 0.6 is 0 Å². The maximum absolute atomic E-state index is 12.6. The summed E-state index contributed by atoms with van der Waals surface area (Å²) in [6.45, 7) is 1.96. The third-order valence-electron chi connectivity index (χ3n) is 4.40. The van der Waals surface area contributed by atoms with Gasteiger partial charge < -0.3 is 5.32 Å². The third kappa shape index (κ3) is 2.29. The van der Waals surface area contributed by atoms with Crippen LogP contribution in [0, 0.1) is 6.92 Å². The molecule has 2 aromatic heterocycles. The van der Waals surface area contributed by atoms with Crippen molar-refractivity contribution in [1.82, 2.24) is 14.5 Å². The molecule has 1 aliphatic carbocycles. The van der Waals surface area contributed by atoms with Gasteiger partial charge in [-0.3, -0.25) is 0 Å². The molecule has 0 spiro atoms. The fourth-order valence-electron chi connectivity index (χ4n) is 3.02. The molecule has 0 radical (unpaired) electrons. The number of benzene rings is 1. The second-order valence-corrected chi connectivity index (χ2v) is 6.02. The molecule has 0 aliphatic heterocycles. The first-order valence-electron chi connectivity index (χ1n) is 7.85. The summed E-state index contributed by atoms with van der Waals surface area (Å²) in [4.78, 5) is 21.2.